The number of carbonyl (C=O) groups excluding carboxylic acids is 1. The van der Waals surface area contributed by atoms with Crippen LogP contribution >= 0.6 is 0 Å². The molecule has 5 heteroatoms. The largest absolute Gasteiger partial charge is 0.495 e. The van der Waals surface area contributed by atoms with E-state index in [1.165, 1.54) is 0 Å². The number of ether oxygens (including phenoxy) is 3. The summed E-state index contributed by atoms with van der Waals surface area (Å²) in [5, 5.41) is 0. The summed E-state index contributed by atoms with van der Waals surface area (Å²) in [6, 6.07) is 5.34. The van der Waals surface area contributed by atoms with E-state index in [1.807, 2.05) is 0 Å². The maximum Gasteiger partial charge on any atom is 0.168 e. The highest BCUT2D eigenvalue weighted by Crippen LogP contribution is 2.38. The average molecular weight is 291 g/mol. The molecular weight excluding hydrogens is 270 g/mol. The first-order valence-corrected chi connectivity index (χ1v) is 7.34. The number of ketones is 1. The molecule has 114 valence electrons. The van der Waals surface area contributed by atoms with E-state index >= 15 is 0 Å². The van der Waals surface area contributed by atoms with Gasteiger partial charge in [-0.25, -0.2) is 0 Å². The number of methoxy groups -OCH3 is 1. The second-order valence-electron chi connectivity index (χ2n) is 5.81. The molecule has 2 aliphatic rings. The van der Waals surface area contributed by atoms with Gasteiger partial charge in [0.2, 0.25) is 0 Å². The average Bonchev–Trinajstić information content (AvgIpc) is 2.94. The predicted octanol–water partition coefficient (Wildman–Crippen LogP) is 2.05. The molecule has 2 aliphatic heterocycles. The van der Waals surface area contributed by atoms with Crippen LogP contribution in [-0.2, 0) is 9.47 Å². The minimum atomic E-state index is -0.272. The van der Waals surface area contributed by atoms with Gasteiger partial charge in [-0.05, 0) is 25.0 Å². The summed E-state index contributed by atoms with van der Waals surface area (Å²) in [4.78, 5) is 12.8. The highest BCUT2D eigenvalue weighted by molar-refractivity contribution is 6.03. The van der Waals surface area contributed by atoms with Crippen molar-refractivity contribution in [1.82, 2.24) is 0 Å². The van der Waals surface area contributed by atoms with Crippen LogP contribution in [0, 0.1) is 5.92 Å². The van der Waals surface area contributed by atoms with Crippen LogP contribution in [-0.4, -0.2) is 38.3 Å². The fourth-order valence-corrected chi connectivity index (χ4v) is 3.27. The Balaban J connectivity index is 1.82. The third-order valence-electron chi connectivity index (χ3n) is 4.48. The number of benzene rings is 1. The van der Waals surface area contributed by atoms with Crippen LogP contribution in [0.1, 0.15) is 29.6 Å². The number of hydrogen-bond donors (Lipinski definition) is 1. The van der Waals surface area contributed by atoms with E-state index < -0.39 is 0 Å². The Hall–Kier alpha value is -1.59. The number of nitrogens with two attached hydrogens (primary N) is 1. The van der Waals surface area contributed by atoms with Gasteiger partial charge in [0.25, 0.3) is 0 Å². The van der Waals surface area contributed by atoms with Crippen molar-refractivity contribution in [2.45, 2.75) is 24.9 Å². The molecule has 0 saturated carbocycles. The lowest BCUT2D eigenvalue weighted by molar-refractivity contribution is -0.0920. The van der Waals surface area contributed by atoms with Crippen LogP contribution in [0.3, 0.4) is 0 Å². The molecule has 1 aromatic rings. The van der Waals surface area contributed by atoms with Gasteiger partial charge in [0, 0.05) is 31.1 Å². The van der Waals surface area contributed by atoms with Crippen molar-refractivity contribution >= 4 is 11.5 Å². The molecule has 5 nitrogen and oxygen atoms in total. The number of anilines is 1. The molecule has 0 radical (unpaired) electrons. The van der Waals surface area contributed by atoms with Crippen molar-refractivity contribution in [2.24, 2.45) is 5.92 Å². The molecule has 1 aromatic carbocycles. The Morgan fingerprint density at radius 1 is 1.43 bits per heavy atom. The smallest absolute Gasteiger partial charge is 0.168 e. The summed E-state index contributed by atoms with van der Waals surface area (Å²) in [6.07, 6.45) is 2.31. The monoisotopic (exact) mass is 291 g/mol. The number of carbonyl (C=O) groups is 1. The van der Waals surface area contributed by atoms with Gasteiger partial charge in [0.15, 0.2) is 5.78 Å². The van der Waals surface area contributed by atoms with Gasteiger partial charge in [-0.2, -0.15) is 0 Å². The highest BCUT2D eigenvalue weighted by Gasteiger charge is 2.43. The maximum absolute atomic E-state index is 12.8. The van der Waals surface area contributed by atoms with Gasteiger partial charge in [-0.15, -0.1) is 0 Å². The fraction of sp³-hybridized carbons (Fsp3) is 0.562. The summed E-state index contributed by atoms with van der Waals surface area (Å²) in [5.41, 5.74) is 6.75. The molecule has 21 heavy (non-hydrogen) atoms. The molecule has 2 atom stereocenters. The van der Waals surface area contributed by atoms with Crippen molar-refractivity contribution in [3.05, 3.63) is 23.8 Å². The molecular formula is C16H21NO4. The molecule has 2 N–H and O–H groups in total. The van der Waals surface area contributed by atoms with E-state index in [1.54, 1.807) is 25.3 Å². The van der Waals surface area contributed by atoms with Gasteiger partial charge in [-0.3, -0.25) is 4.79 Å². The first-order chi connectivity index (χ1) is 10.2. The van der Waals surface area contributed by atoms with E-state index in [0.717, 1.165) is 12.8 Å². The zero-order valence-electron chi connectivity index (χ0n) is 12.3. The summed E-state index contributed by atoms with van der Waals surface area (Å²) >= 11 is 0. The summed E-state index contributed by atoms with van der Waals surface area (Å²) < 4.78 is 16.5. The Bertz CT molecular complexity index is 537. The third-order valence-corrected chi connectivity index (χ3v) is 4.48. The SMILES string of the molecule is COc1cccc(C(=O)C2CCOC3(CCOC3)C2)c1N. The number of nitrogen functional groups attached to an aromatic ring is 1. The standard InChI is InChI=1S/C16H21NO4/c1-19-13-4-2-3-12(14(13)17)15(18)11-5-7-21-16(9-11)6-8-20-10-16/h2-4,11H,5-10,17H2,1H3. The molecule has 2 saturated heterocycles. The lowest BCUT2D eigenvalue weighted by Gasteiger charge is -2.36. The molecule has 2 heterocycles. The van der Waals surface area contributed by atoms with Crippen molar-refractivity contribution in [1.29, 1.82) is 0 Å². The molecule has 2 unspecified atom stereocenters. The minimum Gasteiger partial charge on any atom is -0.495 e. The van der Waals surface area contributed by atoms with Crippen LogP contribution < -0.4 is 10.5 Å². The second-order valence-corrected chi connectivity index (χ2v) is 5.81. The van der Waals surface area contributed by atoms with E-state index in [0.29, 0.717) is 43.2 Å². The van der Waals surface area contributed by atoms with Gasteiger partial charge >= 0.3 is 0 Å². The maximum atomic E-state index is 12.8. The third kappa shape index (κ3) is 2.63. The Morgan fingerprint density at radius 3 is 3.00 bits per heavy atom. The van der Waals surface area contributed by atoms with Gasteiger partial charge in [0.1, 0.15) is 5.75 Å². The van der Waals surface area contributed by atoms with Crippen LogP contribution in [0.4, 0.5) is 5.69 Å². The molecule has 0 amide bonds. The molecule has 0 aliphatic carbocycles. The Labute approximate surface area is 124 Å². The van der Waals surface area contributed by atoms with Crippen molar-refractivity contribution in [3.8, 4) is 5.75 Å². The summed E-state index contributed by atoms with van der Waals surface area (Å²) in [7, 11) is 1.55. The van der Waals surface area contributed by atoms with E-state index in [9.17, 15) is 4.79 Å². The topological polar surface area (TPSA) is 70.8 Å². The zero-order valence-corrected chi connectivity index (χ0v) is 12.3. The van der Waals surface area contributed by atoms with Crippen LogP contribution in [0.15, 0.2) is 18.2 Å². The second kappa shape index (κ2) is 5.66. The lowest BCUT2D eigenvalue weighted by Crippen LogP contribution is -2.42. The van der Waals surface area contributed by atoms with Crippen molar-refractivity contribution in [3.63, 3.8) is 0 Å². The molecule has 0 bridgehead atoms. The molecule has 2 fully saturated rings. The van der Waals surface area contributed by atoms with E-state index in [2.05, 4.69) is 0 Å². The summed E-state index contributed by atoms with van der Waals surface area (Å²) in [6.45, 7) is 1.90. The van der Waals surface area contributed by atoms with Gasteiger partial charge in [0.05, 0.1) is 25.0 Å². The first-order valence-electron chi connectivity index (χ1n) is 7.34. The van der Waals surface area contributed by atoms with Crippen LogP contribution in [0.2, 0.25) is 0 Å². The van der Waals surface area contributed by atoms with Crippen molar-refractivity contribution in [2.75, 3.05) is 32.7 Å². The number of hydrogen-bond acceptors (Lipinski definition) is 5. The highest BCUT2D eigenvalue weighted by atomic mass is 16.6. The molecule has 1 spiro atoms. The number of Topliss-reactive ketones (excluding diaryl/α,β-unsaturated/α-hetero) is 1. The quantitative estimate of drug-likeness (QED) is 0.681. The Kier molecular flexibility index (Phi) is 3.87. The first kappa shape index (κ1) is 14.4. The zero-order chi connectivity index (χ0) is 14.9. The van der Waals surface area contributed by atoms with E-state index in [-0.39, 0.29) is 17.3 Å². The van der Waals surface area contributed by atoms with Crippen LogP contribution in [0.25, 0.3) is 0 Å². The fourth-order valence-electron chi connectivity index (χ4n) is 3.27. The summed E-state index contributed by atoms with van der Waals surface area (Å²) in [5.74, 6) is 0.572. The van der Waals surface area contributed by atoms with Gasteiger partial charge < -0.3 is 19.9 Å². The van der Waals surface area contributed by atoms with E-state index in [4.69, 9.17) is 19.9 Å². The molecule has 0 aromatic heterocycles. The van der Waals surface area contributed by atoms with Gasteiger partial charge in [-0.1, -0.05) is 6.07 Å². The predicted molar refractivity (Wildman–Crippen MR) is 78.6 cm³/mol. The van der Waals surface area contributed by atoms with Crippen molar-refractivity contribution < 1.29 is 19.0 Å². The number of para-hydroxylation sites is 1. The normalized spacial score (nSPS) is 28.7. The minimum absolute atomic E-state index is 0.0603. The lowest BCUT2D eigenvalue weighted by atomic mass is 9.81. The Morgan fingerprint density at radius 2 is 2.29 bits per heavy atom. The van der Waals surface area contributed by atoms with Crippen LogP contribution in [0.5, 0.6) is 5.75 Å². The molecule has 3 rings (SSSR count). The number of rotatable bonds is 3.